The summed E-state index contributed by atoms with van der Waals surface area (Å²) >= 11 is 1.70. The van der Waals surface area contributed by atoms with Crippen molar-refractivity contribution in [2.24, 2.45) is 0 Å². The molecule has 1 fully saturated rings. The van der Waals surface area contributed by atoms with Gasteiger partial charge in [-0.2, -0.15) is 0 Å². The Morgan fingerprint density at radius 3 is 2.67 bits per heavy atom. The molecule has 130 valence electrons. The van der Waals surface area contributed by atoms with Gasteiger partial charge >= 0.3 is 0 Å². The summed E-state index contributed by atoms with van der Waals surface area (Å²) in [5, 5.41) is 2.04. The van der Waals surface area contributed by atoms with Crippen LogP contribution in [0.4, 0.5) is 0 Å². The molecule has 6 heteroatoms. The number of rotatable bonds is 8. The maximum Gasteiger partial charge on any atom is 0.240 e. The molecule has 1 aliphatic rings. The van der Waals surface area contributed by atoms with Gasteiger partial charge in [0.1, 0.15) is 5.75 Å². The average molecular weight is 366 g/mol. The summed E-state index contributed by atoms with van der Waals surface area (Å²) in [4.78, 5) is 1.57. The molecule has 1 aliphatic carbocycles. The van der Waals surface area contributed by atoms with Crippen LogP contribution in [0.2, 0.25) is 0 Å². The molecule has 1 aromatic heterocycles. The molecule has 0 atom stereocenters. The van der Waals surface area contributed by atoms with E-state index in [4.69, 9.17) is 4.74 Å². The van der Waals surface area contributed by atoms with Gasteiger partial charge in [0.15, 0.2) is 0 Å². The van der Waals surface area contributed by atoms with Gasteiger partial charge in [-0.05, 0) is 61.4 Å². The molecule has 2 aromatic rings. The van der Waals surface area contributed by atoms with Crippen molar-refractivity contribution in [2.45, 2.75) is 43.4 Å². The first-order valence-corrected chi connectivity index (χ1v) is 10.6. The summed E-state index contributed by atoms with van der Waals surface area (Å²) < 4.78 is 33.6. The average Bonchev–Trinajstić information content (AvgIpc) is 3.15. The van der Waals surface area contributed by atoms with Gasteiger partial charge in [-0.15, -0.1) is 11.3 Å². The van der Waals surface area contributed by atoms with Crippen molar-refractivity contribution in [3.63, 3.8) is 0 Å². The number of hydrogen-bond donors (Lipinski definition) is 1. The summed E-state index contributed by atoms with van der Waals surface area (Å²) in [6, 6.07) is 9.15. The predicted octanol–water partition coefficient (Wildman–Crippen LogP) is 3.86. The number of sulfonamides is 1. The number of ether oxygens (including phenoxy) is 1. The Balaban J connectivity index is 1.71. The van der Waals surface area contributed by atoms with Crippen LogP contribution in [0.15, 0.2) is 40.6 Å². The van der Waals surface area contributed by atoms with Crippen LogP contribution in [-0.4, -0.2) is 21.6 Å². The molecule has 0 unspecified atom stereocenters. The molecule has 0 aliphatic heterocycles. The molecule has 24 heavy (non-hydrogen) atoms. The summed E-state index contributed by atoms with van der Waals surface area (Å²) in [5.74, 6) is 0.744. The predicted molar refractivity (Wildman–Crippen MR) is 97.4 cm³/mol. The Kier molecular flexibility index (Phi) is 4.99. The van der Waals surface area contributed by atoms with E-state index in [0.29, 0.717) is 18.0 Å². The van der Waals surface area contributed by atoms with Crippen LogP contribution in [0, 0.1) is 6.92 Å². The van der Waals surface area contributed by atoms with E-state index in [9.17, 15) is 8.42 Å². The normalized spacial score (nSPS) is 16.1. The van der Waals surface area contributed by atoms with Crippen molar-refractivity contribution in [1.82, 2.24) is 4.72 Å². The molecule has 0 spiro atoms. The molecule has 0 bridgehead atoms. The van der Waals surface area contributed by atoms with E-state index in [0.717, 1.165) is 30.6 Å². The van der Waals surface area contributed by atoms with E-state index in [1.54, 1.807) is 29.5 Å². The molecule has 0 saturated heterocycles. The first-order valence-electron chi connectivity index (χ1n) is 8.24. The maximum absolute atomic E-state index is 12.6. The minimum Gasteiger partial charge on any atom is -0.493 e. The second-order valence-corrected chi connectivity index (χ2v) is 9.07. The van der Waals surface area contributed by atoms with Crippen LogP contribution in [0.25, 0.3) is 0 Å². The largest absolute Gasteiger partial charge is 0.493 e. The summed E-state index contributed by atoms with van der Waals surface area (Å²) in [6.45, 7) is 5.01. The van der Waals surface area contributed by atoms with Crippen LogP contribution in [0.3, 0.4) is 0 Å². The summed E-state index contributed by atoms with van der Waals surface area (Å²) in [6.07, 6.45) is 3.00. The minimum absolute atomic E-state index is 0.000455. The molecule has 3 rings (SSSR count). The lowest BCUT2D eigenvalue weighted by Crippen LogP contribution is -2.32. The van der Waals surface area contributed by atoms with Gasteiger partial charge < -0.3 is 4.74 Å². The SMILES string of the molecule is CCCOc1ccc(S(=O)(=O)NCC2(c3cccs3)CC2)cc1C. The van der Waals surface area contributed by atoms with Crippen molar-refractivity contribution >= 4 is 21.4 Å². The van der Waals surface area contributed by atoms with Crippen molar-refractivity contribution in [3.05, 3.63) is 46.2 Å². The fraction of sp³-hybridized carbons (Fsp3) is 0.444. The van der Waals surface area contributed by atoms with E-state index < -0.39 is 10.0 Å². The Morgan fingerprint density at radius 2 is 2.08 bits per heavy atom. The molecular formula is C18H23NO3S2. The fourth-order valence-corrected chi connectivity index (χ4v) is 4.92. The van der Waals surface area contributed by atoms with Gasteiger partial charge in [-0.25, -0.2) is 13.1 Å². The zero-order valence-corrected chi connectivity index (χ0v) is 15.7. The molecule has 0 amide bonds. The third-order valence-corrected chi connectivity index (χ3v) is 6.93. The van der Waals surface area contributed by atoms with E-state index in [-0.39, 0.29) is 5.41 Å². The van der Waals surface area contributed by atoms with Crippen LogP contribution >= 0.6 is 11.3 Å². The Bertz CT molecular complexity index is 794. The maximum atomic E-state index is 12.6. The second kappa shape index (κ2) is 6.86. The number of nitrogens with one attached hydrogen (secondary N) is 1. The number of hydrogen-bond acceptors (Lipinski definition) is 4. The lowest BCUT2D eigenvalue weighted by atomic mass is 10.1. The van der Waals surface area contributed by atoms with Crippen molar-refractivity contribution in [3.8, 4) is 5.75 Å². The van der Waals surface area contributed by atoms with Crippen LogP contribution < -0.4 is 9.46 Å². The fourth-order valence-electron chi connectivity index (χ4n) is 2.72. The lowest BCUT2D eigenvalue weighted by Gasteiger charge is -2.15. The Labute approximate surface area is 147 Å². The van der Waals surface area contributed by atoms with Crippen LogP contribution in [0.1, 0.15) is 36.6 Å². The monoisotopic (exact) mass is 365 g/mol. The van der Waals surface area contributed by atoms with E-state index in [1.807, 2.05) is 25.3 Å². The second-order valence-electron chi connectivity index (χ2n) is 6.36. The van der Waals surface area contributed by atoms with Crippen LogP contribution in [-0.2, 0) is 15.4 Å². The van der Waals surface area contributed by atoms with E-state index in [1.165, 1.54) is 4.88 Å². The smallest absolute Gasteiger partial charge is 0.240 e. The molecule has 1 saturated carbocycles. The lowest BCUT2D eigenvalue weighted by molar-refractivity contribution is 0.315. The van der Waals surface area contributed by atoms with Crippen molar-refractivity contribution in [1.29, 1.82) is 0 Å². The zero-order chi connectivity index (χ0) is 17.2. The summed E-state index contributed by atoms with van der Waals surface area (Å²) in [5.41, 5.74) is 0.839. The minimum atomic E-state index is -3.51. The highest BCUT2D eigenvalue weighted by molar-refractivity contribution is 7.89. The third kappa shape index (κ3) is 3.66. The molecule has 1 heterocycles. The van der Waals surface area contributed by atoms with Crippen LogP contribution in [0.5, 0.6) is 5.75 Å². The zero-order valence-electron chi connectivity index (χ0n) is 14.0. The molecule has 1 aromatic carbocycles. The van der Waals surface area contributed by atoms with Gasteiger partial charge in [0.2, 0.25) is 10.0 Å². The quantitative estimate of drug-likeness (QED) is 0.773. The highest BCUT2D eigenvalue weighted by atomic mass is 32.2. The van der Waals surface area contributed by atoms with E-state index in [2.05, 4.69) is 10.8 Å². The molecule has 0 radical (unpaired) electrons. The Hall–Kier alpha value is -1.37. The topological polar surface area (TPSA) is 55.4 Å². The first kappa shape index (κ1) is 17.5. The Morgan fingerprint density at radius 1 is 1.29 bits per heavy atom. The highest BCUT2D eigenvalue weighted by Gasteiger charge is 2.45. The van der Waals surface area contributed by atoms with Gasteiger partial charge in [0, 0.05) is 16.8 Å². The standard InChI is InChI=1S/C18H23NO3S2/c1-3-10-22-16-7-6-15(12-14(16)2)24(20,21)19-13-18(8-9-18)17-5-4-11-23-17/h4-7,11-12,19H,3,8-10,13H2,1-2H3. The molecular weight excluding hydrogens is 342 g/mol. The van der Waals surface area contributed by atoms with Crippen molar-refractivity contribution in [2.75, 3.05) is 13.2 Å². The number of benzene rings is 1. The van der Waals surface area contributed by atoms with Gasteiger partial charge in [0.05, 0.1) is 11.5 Å². The van der Waals surface area contributed by atoms with E-state index >= 15 is 0 Å². The number of aryl methyl sites for hydroxylation is 1. The summed E-state index contributed by atoms with van der Waals surface area (Å²) in [7, 11) is -3.51. The highest BCUT2D eigenvalue weighted by Crippen LogP contribution is 2.49. The number of thiophene rings is 1. The molecule has 4 nitrogen and oxygen atoms in total. The first-order chi connectivity index (χ1) is 11.5. The van der Waals surface area contributed by atoms with Gasteiger partial charge in [-0.3, -0.25) is 0 Å². The van der Waals surface area contributed by atoms with Gasteiger partial charge in [-0.1, -0.05) is 13.0 Å². The molecule has 1 N–H and O–H groups in total. The van der Waals surface area contributed by atoms with Gasteiger partial charge in [0.25, 0.3) is 0 Å². The third-order valence-electron chi connectivity index (χ3n) is 4.42. The van der Waals surface area contributed by atoms with Crippen molar-refractivity contribution < 1.29 is 13.2 Å².